The van der Waals surface area contributed by atoms with Crippen LogP contribution in [0.4, 0.5) is 8.78 Å². The SMILES string of the molecule is CC(F)(F)c1nc[nH]c(=O)c1Br. The van der Waals surface area contributed by atoms with Gasteiger partial charge in [-0.3, -0.25) is 4.79 Å². The first-order chi connectivity index (χ1) is 5.43. The predicted octanol–water partition coefficient (Wildman–Crippen LogP) is 1.64. The number of rotatable bonds is 1. The molecule has 0 aliphatic heterocycles. The summed E-state index contributed by atoms with van der Waals surface area (Å²) in [5.74, 6) is -3.10. The molecule has 0 amide bonds. The van der Waals surface area contributed by atoms with Crippen LogP contribution in [0.25, 0.3) is 0 Å². The standard InChI is InChI=1S/C6H5BrF2N2O/c1-6(8,9)4-3(7)5(12)11-2-10-4/h2H,1H3,(H,10,11,12). The van der Waals surface area contributed by atoms with Gasteiger partial charge in [0.2, 0.25) is 0 Å². The molecule has 3 nitrogen and oxygen atoms in total. The van der Waals surface area contributed by atoms with Crippen LogP contribution in [-0.2, 0) is 5.92 Å². The van der Waals surface area contributed by atoms with Gasteiger partial charge in [-0.05, 0) is 15.9 Å². The molecule has 0 unspecified atom stereocenters. The largest absolute Gasteiger partial charge is 0.312 e. The Morgan fingerprint density at radius 3 is 2.67 bits per heavy atom. The number of aromatic amines is 1. The molecule has 0 bridgehead atoms. The number of nitrogens with one attached hydrogen (secondary N) is 1. The van der Waals surface area contributed by atoms with Gasteiger partial charge in [-0.2, -0.15) is 8.78 Å². The zero-order valence-electron chi connectivity index (χ0n) is 6.07. The van der Waals surface area contributed by atoms with E-state index < -0.39 is 17.2 Å². The van der Waals surface area contributed by atoms with Crippen LogP contribution in [0.5, 0.6) is 0 Å². The molecule has 66 valence electrons. The monoisotopic (exact) mass is 238 g/mol. The summed E-state index contributed by atoms with van der Waals surface area (Å²) in [7, 11) is 0. The normalized spacial score (nSPS) is 11.7. The lowest BCUT2D eigenvalue weighted by Crippen LogP contribution is -2.18. The molecular weight excluding hydrogens is 234 g/mol. The van der Waals surface area contributed by atoms with E-state index in [0.29, 0.717) is 6.92 Å². The molecule has 1 N–H and O–H groups in total. The third-order valence-corrected chi connectivity index (χ3v) is 1.95. The Bertz CT molecular complexity index is 344. The van der Waals surface area contributed by atoms with Gasteiger partial charge in [0.05, 0.1) is 6.33 Å². The second-order valence-electron chi connectivity index (χ2n) is 2.28. The summed E-state index contributed by atoms with van der Waals surface area (Å²) in [5, 5.41) is 0. The first-order valence-electron chi connectivity index (χ1n) is 3.04. The van der Waals surface area contributed by atoms with E-state index in [-0.39, 0.29) is 4.47 Å². The molecule has 0 fully saturated rings. The summed E-state index contributed by atoms with van der Waals surface area (Å²) in [6.07, 6.45) is 0.944. The minimum atomic E-state index is -3.10. The van der Waals surface area contributed by atoms with Crippen LogP contribution in [0.2, 0.25) is 0 Å². The summed E-state index contributed by atoms with van der Waals surface area (Å²) in [5.41, 5.74) is -1.16. The highest BCUT2D eigenvalue weighted by Crippen LogP contribution is 2.28. The van der Waals surface area contributed by atoms with Gasteiger partial charge >= 0.3 is 0 Å². The first kappa shape index (κ1) is 9.31. The Balaban J connectivity index is 3.36. The molecule has 1 heterocycles. The fraction of sp³-hybridized carbons (Fsp3) is 0.333. The first-order valence-corrected chi connectivity index (χ1v) is 3.83. The van der Waals surface area contributed by atoms with Gasteiger partial charge < -0.3 is 4.98 Å². The van der Waals surface area contributed by atoms with Crippen LogP contribution < -0.4 is 5.56 Å². The third-order valence-electron chi connectivity index (χ3n) is 1.21. The Kier molecular flexibility index (Phi) is 2.27. The van der Waals surface area contributed by atoms with Crippen LogP contribution in [0, 0.1) is 0 Å². The highest BCUT2D eigenvalue weighted by atomic mass is 79.9. The summed E-state index contributed by atoms with van der Waals surface area (Å²) in [6, 6.07) is 0. The fourth-order valence-corrected chi connectivity index (χ4v) is 1.25. The molecular formula is C6H5BrF2N2O. The van der Waals surface area contributed by atoms with Crippen LogP contribution in [-0.4, -0.2) is 9.97 Å². The highest BCUT2D eigenvalue weighted by Gasteiger charge is 2.29. The Morgan fingerprint density at radius 1 is 1.67 bits per heavy atom. The van der Waals surface area contributed by atoms with Crippen molar-refractivity contribution in [2.75, 3.05) is 0 Å². The van der Waals surface area contributed by atoms with Crippen molar-refractivity contribution in [2.45, 2.75) is 12.8 Å². The van der Waals surface area contributed by atoms with Crippen molar-refractivity contribution in [1.29, 1.82) is 0 Å². The van der Waals surface area contributed by atoms with E-state index in [4.69, 9.17) is 0 Å². The average Bonchev–Trinajstić information content (AvgIpc) is 1.92. The maximum absolute atomic E-state index is 12.7. The van der Waals surface area contributed by atoms with E-state index in [1.54, 1.807) is 0 Å². The number of hydrogen-bond acceptors (Lipinski definition) is 2. The molecule has 0 spiro atoms. The maximum Gasteiger partial charge on any atom is 0.288 e. The molecule has 0 radical (unpaired) electrons. The predicted molar refractivity (Wildman–Crippen MR) is 42.1 cm³/mol. The number of H-pyrrole nitrogens is 1. The second kappa shape index (κ2) is 2.93. The lowest BCUT2D eigenvalue weighted by atomic mass is 10.2. The Labute approximate surface area is 75.0 Å². The van der Waals surface area contributed by atoms with E-state index in [0.717, 1.165) is 6.33 Å². The number of alkyl halides is 2. The van der Waals surface area contributed by atoms with Crippen molar-refractivity contribution in [3.05, 3.63) is 26.8 Å². The molecule has 6 heteroatoms. The summed E-state index contributed by atoms with van der Waals surface area (Å²) in [6.45, 7) is 0.680. The summed E-state index contributed by atoms with van der Waals surface area (Å²) < 4.78 is 25.1. The number of nitrogens with zero attached hydrogens (tertiary/aromatic N) is 1. The van der Waals surface area contributed by atoms with Crippen molar-refractivity contribution in [1.82, 2.24) is 9.97 Å². The van der Waals surface area contributed by atoms with Crippen molar-refractivity contribution >= 4 is 15.9 Å². The van der Waals surface area contributed by atoms with Crippen molar-refractivity contribution in [2.24, 2.45) is 0 Å². The van der Waals surface area contributed by atoms with Crippen LogP contribution in [0.15, 0.2) is 15.6 Å². The lowest BCUT2D eigenvalue weighted by molar-refractivity contribution is 0.0116. The zero-order valence-corrected chi connectivity index (χ0v) is 7.65. The fourth-order valence-electron chi connectivity index (χ4n) is 0.689. The lowest BCUT2D eigenvalue weighted by Gasteiger charge is -2.09. The van der Waals surface area contributed by atoms with Crippen molar-refractivity contribution in [3.8, 4) is 0 Å². The quantitative estimate of drug-likeness (QED) is 0.809. The van der Waals surface area contributed by atoms with Gasteiger partial charge in [0.25, 0.3) is 11.5 Å². The van der Waals surface area contributed by atoms with Gasteiger partial charge in [0, 0.05) is 6.92 Å². The molecule has 0 saturated heterocycles. The number of halogens is 3. The van der Waals surface area contributed by atoms with Crippen LogP contribution in [0.3, 0.4) is 0 Å². The van der Waals surface area contributed by atoms with E-state index in [1.165, 1.54) is 0 Å². The Morgan fingerprint density at radius 2 is 2.25 bits per heavy atom. The molecule has 0 aliphatic carbocycles. The summed E-state index contributed by atoms with van der Waals surface area (Å²) in [4.78, 5) is 16.3. The van der Waals surface area contributed by atoms with Gasteiger partial charge in [0.15, 0.2) is 0 Å². The zero-order chi connectivity index (χ0) is 9.35. The Hall–Kier alpha value is -0.780. The summed E-state index contributed by atoms with van der Waals surface area (Å²) >= 11 is 2.73. The number of aromatic nitrogens is 2. The van der Waals surface area contributed by atoms with E-state index in [1.807, 2.05) is 0 Å². The molecule has 1 aromatic heterocycles. The third kappa shape index (κ3) is 1.69. The average molecular weight is 239 g/mol. The molecule has 1 aromatic rings. The minimum Gasteiger partial charge on any atom is -0.312 e. The topological polar surface area (TPSA) is 45.8 Å². The van der Waals surface area contributed by atoms with Gasteiger partial charge in [-0.15, -0.1) is 0 Å². The van der Waals surface area contributed by atoms with Gasteiger partial charge in [-0.1, -0.05) is 0 Å². The maximum atomic E-state index is 12.7. The van der Waals surface area contributed by atoms with Crippen molar-refractivity contribution in [3.63, 3.8) is 0 Å². The van der Waals surface area contributed by atoms with Crippen LogP contribution in [0.1, 0.15) is 12.6 Å². The van der Waals surface area contributed by atoms with Crippen molar-refractivity contribution < 1.29 is 8.78 Å². The van der Waals surface area contributed by atoms with Crippen LogP contribution >= 0.6 is 15.9 Å². The molecule has 0 aliphatic rings. The molecule has 12 heavy (non-hydrogen) atoms. The molecule has 1 rings (SSSR count). The van der Waals surface area contributed by atoms with E-state index >= 15 is 0 Å². The van der Waals surface area contributed by atoms with Gasteiger partial charge in [0.1, 0.15) is 10.2 Å². The molecule has 0 saturated carbocycles. The smallest absolute Gasteiger partial charge is 0.288 e. The van der Waals surface area contributed by atoms with E-state index in [2.05, 4.69) is 25.9 Å². The highest BCUT2D eigenvalue weighted by molar-refractivity contribution is 9.10. The number of hydrogen-bond donors (Lipinski definition) is 1. The van der Waals surface area contributed by atoms with E-state index in [9.17, 15) is 13.6 Å². The molecule has 0 aromatic carbocycles. The second-order valence-corrected chi connectivity index (χ2v) is 3.08. The van der Waals surface area contributed by atoms with Gasteiger partial charge in [-0.25, -0.2) is 4.98 Å². The minimum absolute atomic E-state index is 0.225. The molecule has 0 atom stereocenters.